The predicted octanol–water partition coefficient (Wildman–Crippen LogP) is 5.21. The number of alkyl halides is 3. The van der Waals surface area contributed by atoms with Gasteiger partial charge < -0.3 is 14.4 Å². The minimum absolute atomic E-state index is 0.0108. The zero-order valence-electron chi connectivity index (χ0n) is 17.0. The van der Waals surface area contributed by atoms with Gasteiger partial charge in [-0.3, -0.25) is 4.79 Å². The molecule has 4 rings (SSSR count). The zero-order valence-corrected chi connectivity index (χ0v) is 17.0. The monoisotopic (exact) mass is 432 g/mol. The summed E-state index contributed by atoms with van der Waals surface area (Å²) in [5.41, 5.74) is 1.74. The number of aliphatic carboxylic acids is 1. The topological polar surface area (TPSA) is 64.4 Å². The van der Waals surface area contributed by atoms with Crippen LogP contribution >= 0.6 is 0 Å². The minimum Gasteiger partial charge on any atom is -0.490 e. The number of carboxylic acid groups (broad SMARTS) is 1. The molecule has 2 aromatic carbocycles. The van der Waals surface area contributed by atoms with Crippen molar-refractivity contribution >= 4 is 17.0 Å². The summed E-state index contributed by atoms with van der Waals surface area (Å²) in [4.78, 5) is 15.7. The van der Waals surface area contributed by atoms with Crippen molar-refractivity contribution < 1.29 is 27.8 Å². The van der Waals surface area contributed by atoms with Crippen LogP contribution < -0.4 is 4.74 Å². The van der Waals surface area contributed by atoms with Crippen LogP contribution in [0, 0.1) is 5.92 Å². The first-order valence-electron chi connectivity index (χ1n) is 10.2. The number of nitrogens with zero attached hydrogens (tertiary/aromatic N) is 2. The first-order chi connectivity index (χ1) is 14.7. The first kappa shape index (κ1) is 21.2. The van der Waals surface area contributed by atoms with Crippen molar-refractivity contribution in [3.05, 3.63) is 59.4 Å². The van der Waals surface area contributed by atoms with Crippen molar-refractivity contribution in [3.8, 4) is 5.75 Å². The molecule has 0 radical (unpaired) electrons. The second kappa shape index (κ2) is 8.24. The van der Waals surface area contributed by atoms with E-state index in [9.17, 15) is 18.0 Å². The molecule has 3 aromatic rings. The van der Waals surface area contributed by atoms with E-state index in [1.54, 1.807) is 0 Å². The molecule has 0 spiro atoms. The molecule has 1 aliphatic carbocycles. The standard InChI is InChI=1S/C23H23F3N2O3/c1-28-20-11-10-18(31-17-8-4-15(5-9-17)22(29)30)13-19(20)27-21(28)12-14-2-6-16(7-3-14)23(24,25)26/h2-3,6-7,10-11,13,15,17H,4-5,8-9,12H2,1H3,(H,29,30). The molecule has 1 aromatic heterocycles. The number of imidazole rings is 1. The van der Waals surface area contributed by atoms with Crippen LogP contribution in [0.5, 0.6) is 5.75 Å². The lowest BCUT2D eigenvalue weighted by atomic mass is 9.87. The van der Waals surface area contributed by atoms with E-state index in [0.29, 0.717) is 37.9 Å². The molecule has 0 bridgehead atoms. The number of ether oxygens (including phenoxy) is 1. The fourth-order valence-electron chi connectivity index (χ4n) is 4.08. The van der Waals surface area contributed by atoms with Crippen LogP contribution in [0.4, 0.5) is 13.2 Å². The average molecular weight is 432 g/mol. The van der Waals surface area contributed by atoms with E-state index in [-0.39, 0.29) is 12.0 Å². The maximum Gasteiger partial charge on any atom is 0.416 e. The molecule has 0 saturated heterocycles. The third-order valence-corrected chi connectivity index (χ3v) is 5.91. The quantitative estimate of drug-likeness (QED) is 0.602. The minimum atomic E-state index is -4.35. The van der Waals surface area contributed by atoms with Crippen LogP contribution in [-0.4, -0.2) is 26.7 Å². The van der Waals surface area contributed by atoms with Gasteiger partial charge in [0, 0.05) is 19.5 Å². The fourth-order valence-corrected chi connectivity index (χ4v) is 4.08. The Labute approximate surface area is 177 Å². The SMILES string of the molecule is Cn1c(Cc2ccc(C(F)(F)F)cc2)nc2cc(OC3CCC(C(=O)O)CC3)ccc21. The van der Waals surface area contributed by atoms with Gasteiger partial charge in [0.05, 0.1) is 28.6 Å². The van der Waals surface area contributed by atoms with Crippen LogP contribution in [-0.2, 0) is 24.4 Å². The molecule has 164 valence electrons. The Kier molecular flexibility index (Phi) is 5.64. The van der Waals surface area contributed by atoms with Gasteiger partial charge in [0.15, 0.2) is 0 Å². The molecule has 8 heteroatoms. The molecule has 0 aliphatic heterocycles. The van der Waals surface area contributed by atoms with Crippen LogP contribution in [0.15, 0.2) is 42.5 Å². The summed E-state index contributed by atoms with van der Waals surface area (Å²) in [5.74, 6) is 0.402. The number of fused-ring (bicyclic) bond motifs is 1. The van der Waals surface area contributed by atoms with Crippen LogP contribution in [0.25, 0.3) is 11.0 Å². The molecule has 0 amide bonds. The summed E-state index contributed by atoms with van der Waals surface area (Å²) in [6, 6.07) is 10.8. The number of aromatic nitrogens is 2. The highest BCUT2D eigenvalue weighted by atomic mass is 19.4. The Bertz CT molecular complexity index is 1080. The maximum absolute atomic E-state index is 12.8. The normalized spacial score (nSPS) is 19.5. The number of rotatable bonds is 5. The van der Waals surface area contributed by atoms with Gasteiger partial charge in [-0.1, -0.05) is 12.1 Å². The van der Waals surface area contributed by atoms with E-state index in [1.165, 1.54) is 12.1 Å². The number of hydrogen-bond donors (Lipinski definition) is 1. The zero-order chi connectivity index (χ0) is 22.2. The Morgan fingerprint density at radius 2 is 1.81 bits per heavy atom. The Morgan fingerprint density at radius 3 is 2.42 bits per heavy atom. The van der Waals surface area contributed by atoms with Crippen molar-refractivity contribution in [3.63, 3.8) is 0 Å². The summed E-state index contributed by atoms with van der Waals surface area (Å²) in [6.45, 7) is 0. The summed E-state index contributed by atoms with van der Waals surface area (Å²) in [6.07, 6.45) is -1.30. The largest absolute Gasteiger partial charge is 0.490 e. The molecular weight excluding hydrogens is 409 g/mol. The van der Waals surface area contributed by atoms with Gasteiger partial charge in [-0.05, 0) is 55.5 Å². The van der Waals surface area contributed by atoms with E-state index < -0.39 is 17.7 Å². The lowest BCUT2D eigenvalue weighted by Gasteiger charge is -2.26. The summed E-state index contributed by atoms with van der Waals surface area (Å²) < 4.78 is 46.2. The Morgan fingerprint density at radius 1 is 1.13 bits per heavy atom. The van der Waals surface area contributed by atoms with Crippen molar-refractivity contribution in [2.24, 2.45) is 13.0 Å². The van der Waals surface area contributed by atoms with Crippen molar-refractivity contribution in [1.82, 2.24) is 9.55 Å². The van der Waals surface area contributed by atoms with Crippen LogP contribution in [0.1, 0.15) is 42.6 Å². The highest BCUT2D eigenvalue weighted by molar-refractivity contribution is 5.77. The third kappa shape index (κ3) is 4.68. The summed E-state index contributed by atoms with van der Waals surface area (Å²) in [7, 11) is 1.88. The van der Waals surface area contributed by atoms with Crippen molar-refractivity contribution in [2.45, 2.75) is 44.4 Å². The van der Waals surface area contributed by atoms with Crippen LogP contribution in [0.3, 0.4) is 0 Å². The number of benzene rings is 2. The van der Waals surface area contributed by atoms with E-state index in [0.717, 1.165) is 34.6 Å². The second-order valence-electron chi connectivity index (χ2n) is 8.04. The van der Waals surface area contributed by atoms with Gasteiger partial charge in [0.25, 0.3) is 0 Å². The average Bonchev–Trinajstić information content (AvgIpc) is 3.03. The van der Waals surface area contributed by atoms with Crippen molar-refractivity contribution in [1.29, 1.82) is 0 Å². The van der Waals surface area contributed by atoms with Gasteiger partial charge in [-0.25, -0.2) is 4.98 Å². The second-order valence-corrected chi connectivity index (χ2v) is 8.04. The van der Waals surface area contributed by atoms with Gasteiger partial charge in [-0.15, -0.1) is 0 Å². The van der Waals surface area contributed by atoms with Gasteiger partial charge in [0.1, 0.15) is 11.6 Å². The molecule has 1 N–H and O–H groups in total. The number of halogens is 3. The Hall–Kier alpha value is -3.03. The molecule has 1 heterocycles. The van der Waals surface area contributed by atoms with E-state index in [4.69, 9.17) is 9.84 Å². The third-order valence-electron chi connectivity index (χ3n) is 5.91. The molecule has 0 unspecified atom stereocenters. The predicted molar refractivity (Wildman–Crippen MR) is 109 cm³/mol. The highest BCUT2D eigenvalue weighted by Gasteiger charge is 2.30. The van der Waals surface area contributed by atoms with E-state index >= 15 is 0 Å². The summed E-state index contributed by atoms with van der Waals surface area (Å²) >= 11 is 0. The van der Waals surface area contributed by atoms with Gasteiger partial charge >= 0.3 is 12.1 Å². The molecule has 5 nitrogen and oxygen atoms in total. The van der Waals surface area contributed by atoms with E-state index in [2.05, 4.69) is 4.98 Å². The first-order valence-corrected chi connectivity index (χ1v) is 10.2. The molecular formula is C23H23F3N2O3. The molecule has 0 atom stereocenters. The smallest absolute Gasteiger partial charge is 0.416 e. The fraction of sp³-hybridized carbons (Fsp3) is 0.391. The maximum atomic E-state index is 12.8. The highest BCUT2D eigenvalue weighted by Crippen LogP contribution is 2.31. The number of hydrogen-bond acceptors (Lipinski definition) is 3. The van der Waals surface area contributed by atoms with E-state index in [1.807, 2.05) is 29.8 Å². The molecule has 31 heavy (non-hydrogen) atoms. The van der Waals surface area contributed by atoms with Crippen molar-refractivity contribution in [2.75, 3.05) is 0 Å². The number of carbonyl (C=O) groups is 1. The molecule has 1 aliphatic rings. The van der Waals surface area contributed by atoms with Crippen LogP contribution in [0.2, 0.25) is 0 Å². The Balaban J connectivity index is 1.47. The number of aryl methyl sites for hydroxylation is 1. The molecule has 1 saturated carbocycles. The van der Waals surface area contributed by atoms with Gasteiger partial charge in [0.2, 0.25) is 0 Å². The van der Waals surface area contributed by atoms with Gasteiger partial charge in [-0.2, -0.15) is 13.2 Å². The number of carboxylic acids is 1. The lowest BCUT2D eigenvalue weighted by molar-refractivity contribution is -0.143. The lowest BCUT2D eigenvalue weighted by Crippen LogP contribution is -2.27. The molecule has 1 fully saturated rings. The summed E-state index contributed by atoms with van der Waals surface area (Å²) in [5, 5.41) is 9.11.